The number of ether oxygens (including phenoxy) is 4. The smallest absolute Gasteiger partial charge is 0.408 e. The Morgan fingerprint density at radius 3 is 2.37 bits per heavy atom. The van der Waals surface area contributed by atoms with Crippen molar-refractivity contribution in [3.8, 4) is 22.8 Å². The fourth-order valence-electron chi connectivity index (χ4n) is 4.55. The number of amides is 1. The zero-order valence-electron chi connectivity index (χ0n) is 26.6. The number of pyridine rings is 1. The molecule has 1 aromatic heterocycles. The highest BCUT2D eigenvalue weighted by Crippen LogP contribution is 2.36. The summed E-state index contributed by atoms with van der Waals surface area (Å²) < 4.78 is 35.6. The maximum Gasteiger partial charge on any atom is 0.408 e. The number of carbonyl (C=O) groups excluding carboxylic acids is 3. The molecule has 246 valence electrons. The zero-order chi connectivity index (χ0) is 33.8. The van der Waals surface area contributed by atoms with Gasteiger partial charge in [-0.3, -0.25) is 4.79 Å². The van der Waals surface area contributed by atoms with Crippen LogP contribution in [0.3, 0.4) is 0 Å². The number of nitrogens with zero attached hydrogens (tertiary/aromatic N) is 1. The molecule has 0 spiro atoms. The average Bonchev–Trinajstić information content (AvgIpc) is 3.83. The van der Waals surface area contributed by atoms with Gasteiger partial charge in [-0.25, -0.2) is 19.0 Å². The van der Waals surface area contributed by atoms with Gasteiger partial charge in [0.15, 0.2) is 23.3 Å². The molecule has 2 atom stereocenters. The third-order valence-electron chi connectivity index (χ3n) is 7.19. The van der Waals surface area contributed by atoms with E-state index in [1.807, 2.05) is 0 Å². The van der Waals surface area contributed by atoms with E-state index in [-0.39, 0.29) is 46.7 Å². The summed E-state index contributed by atoms with van der Waals surface area (Å²) >= 11 is 6.05. The first-order valence-electron chi connectivity index (χ1n) is 14.8. The van der Waals surface area contributed by atoms with Gasteiger partial charge in [-0.1, -0.05) is 11.6 Å². The van der Waals surface area contributed by atoms with Crippen LogP contribution in [0.1, 0.15) is 81.0 Å². The fraction of sp³-hybridized carbons (Fsp3) is 0.412. The molecule has 2 unspecified atom stereocenters. The SMILES string of the molecule is COC(=O)C(NC(=O)OC(C)(C)C)c1cc(-c2ccc(F)c(Cl)c2)nc(C(C)(O)CCC(=O)c2ccc(OC3CC3)c(OC)c2)c1. The van der Waals surface area contributed by atoms with Crippen molar-refractivity contribution in [2.45, 2.75) is 76.7 Å². The number of ketones is 1. The van der Waals surface area contributed by atoms with Gasteiger partial charge in [0.2, 0.25) is 0 Å². The number of benzene rings is 2. The van der Waals surface area contributed by atoms with Gasteiger partial charge < -0.3 is 29.4 Å². The number of Topliss-reactive ketones (excluding diaryl/α,β-unsaturated/α-hetero) is 1. The molecule has 1 saturated carbocycles. The van der Waals surface area contributed by atoms with Crippen molar-refractivity contribution in [3.63, 3.8) is 0 Å². The topological polar surface area (TPSA) is 133 Å². The first kappa shape index (κ1) is 34.6. The zero-order valence-corrected chi connectivity index (χ0v) is 27.4. The molecule has 10 nitrogen and oxygen atoms in total. The summed E-state index contributed by atoms with van der Waals surface area (Å²) in [6.45, 7) is 6.50. The maximum absolute atomic E-state index is 14.0. The van der Waals surface area contributed by atoms with E-state index < -0.39 is 35.1 Å². The number of nitrogens with one attached hydrogen (secondary N) is 1. The van der Waals surface area contributed by atoms with E-state index in [1.54, 1.807) is 39.0 Å². The molecule has 1 aliphatic rings. The summed E-state index contributed by atoms with van der Waals surface area (Å²) in [5, 5.41) is 14.0. The number of esters is 1. The van der Waals surface area contributed by atoms with Crippen molar-refractivity contribution < 1.29 is 42.8 Å². The van der Waals surface area contributed by atoms with Crippen LogP contribution in [0.5, 0.6) is 11.5 Å². The molecule has 46 heavy (non-hydrogen) atoms. The standard InChI is InChI=1S/C34H38ClFN2O8/c1-33(2,3)46-32(41)38-30(31(40)44-6)21-16-25(19-7-11-24(36)23(35)15-19)37-29(18-21)34(4,42)14-13-26(39)20-8-12-27(28(17-20)43-5)45-22-9-10-22/h7-8,11-12,15-18,22,30,42H,9-10,13-14H2,1-6H3,(H,38,41). The third kappa shape index (κ3) is 8.95. The van der Waals surface area contributed by atoms with Gasteiger partial charge in [-0.2, -0.15) is 0 Å². The summed E-state index contributed by atoms with van der Waals surface area (Å²) in [6, 6.07) is 10.5. The van der Waals surface area contributed by atoms with Gasteiger partial charge in [0.1, 0.15) is 17.0 Å². The Balaban J connectivity index is 1.67. The molecule has 0 aliphatic heterocycles. The van der Waals surface area contributed by atoms with Crippen molar-refractivity contribution in [1.29, 1.82) is 0 Å². The van der Waals surface area contributed by atoms with Crippen molar-refractivity contribution in [3.05, 3.63) is 76.2 Å². The normalized spacial score (nSPS) is 14.9. The second-order valence-electron chi connectivity index (χ2n) is 12.3. The van der Waals surface area contributed by atoms with E-state index in [4.69, 9.17) is 30.5 Å². The van der Waals surface area contributed by atoms with E-state index in [0.717, 1.165) is 26.0 Å². The van der Waals surface area contributed by atoms with Crippen LogP contribution in [0.25, 0.3) is 11.3 Å². The molecule has 2 aromatic carbocycles. The number of rotatable bonds is 12. The Hall–Kier alpha value is -4.22. The van der Waals surface area contributed by atoms with Crippen molar-refractivity contribution >= 4 is 29.4 Å². The summed E-state index contributed by atoms with van der Waals surface area (Å²) in [4.78, 5) is 43.5. The molecular formula is C34H38ClFN2O8. The van der Waals surface area contributed by atoms with E-state index in [1.165, 1.54) is 38.3 Å². The maximum atomic E-state index is 14.0. The lowest BCUT2D eigenvalue weighted by Crippen LogP contribution is -2.38. The number of carbonyl (C=O) groups is 3. The third-order valence-corrected chi connectivity index (χ3v) is 7.48. The molecular weight excluding hydrogens is 619 g/mol. The molecule has 0 bridgehead atoms. The number of hydrogen-bond acceptors (Lipinski definition) is 9. The molecule has 1 amide bonds. The van der Waals surface area contributed by atoms with Crippen LogP contribution in [0, 0.1) is 5.82 Å². The highest BCUT2D eigenvalue weighted by atomic mass is 35.5. The molecule has 2 N–H and O–H groups in total. The van der Waals surface area contributed by atoms with Crippen LogP contribution >= 0.6 is 11.6 Å². The van der Waals surface area contributed by atoms with Gasteiger partial charge in [0, 0.05) is 17.5 Å². The molecule has 1 heterocycles. The molecule has 0 saturated heterocycles. The lowest BCUT2D eigenvalue weighted by Gasteiger charge is -2.26. The fourth-order valence-corrected chi connectivity index (χ4v) is 4.73. The van der Waals surface area contributed by atoms with E-state index in [0.29, 0.717) is 22.6 Å². The van der Waals surface area contributed by atoms with Crippen LogP contribution in [-0.2, 0) is 19.9 Å². The number of aliphatic hydroxyl groups is 1. The quantitative estimate of drug-likeness (QED) is 0.161. The molecule has 12 heteroatoms. The predicted octanol–water partition coefficient (Wildman–Crippen LogP) is 6.70. The second-order valence-corrected chi connectivity index (χ2v) is 12.7. The molecule has 4 rings (SSSR count). The van der Waals surface area contributed by atoms with E-state index in [2.05, 4.69) is 10.3 Å². The summed E-state index contributed by atoms with van der Waals surface area (Å²) in [5.41, 5.74) is -1.30. The molecule has 3 aromatic rings. The number of alkyl carbamates (subject to hydrolysis) is 1. The Labute approximate surface area is 272 Å². The highest BCUT2D eigenvalue weighted by Gasteiger charge is 2.32. The van der Waals surface area contributed by atoms with Crippen LogP contribution in [0.4, 0.5) is 9.18 Å². The Morgan fingerprint density at radius 1 is 1.04 bits per heavy atom. The lowest BCUT2D eigenvalue weighted by molar-refractivity contribution is -0.143. The van der Waals surface area contributed by atoms with Crippen molar-refractivity contribution in [2.24, 2.45) is 0 Å². The first-order chi connectivity index (χ1) is 21.6. The Morgan fingerprint density at radius 2 is 1.76 bits per heavy atom. The molecule has 1 fully saturated rings. The van der Waals surface area contributed by atoms with Gasteiger partial charge in [0.05, 0.1) is 36.7 Å². The minimum Gasteiger partial charge on any atom is -0.493 e. The van der Waals surface area contributed by atoms with E-state index in [9.17, 15) is 23.9 Å². The lowest BCUT2D eigenvalue weighted by atomic mass is 9.90. The van der Waals surface area contributed by atoms with Gasteiger partial charge >= 0.3 is 12.1 Å². The van der Waals surface area contributed by atoms with Crippen LogP contribution in [0.2, 0.25) is 5.02 Å². The summed E-state index contributed by atoms with van der Waals surface area (Å²) in [6.07, 6.45) is 1.09. The molecule has 0 radical (unpaired) electrons. The van der Waals surface area contributed by atoms with Crippen molar-refractivity contribution in [2.75, 3.05) is 14.2 Å². The number of aromatic nitrogens is 1. The Bertz CT molecular complexity index is 1620. The van der Waals surface area contributed by atoms with Crippen LogP contribution in [-0.4, -0.2) is 53.9 Å². The largest absolute Gasteiger partial charge is 0.493 e. The van der Waals surface area contributed by atoms with Gasteiger partial charge in [-0.15, -0.1) is 0 Å². The van der Waals surface area contributed by atoms with Crippen molar-refractivity contribution in [1.82, 2.24) is 10.3 Å². The summed E-state index contributed by atoms with van der Waals surface area (Å²) in [7, 11) is 2.66. The van der Waals surface area contributed by atoms with Gasteiger partial charge in [0.25, 0.3) is 0 Å². The minimum atomic E-state index is -1.70. The average molecular weight is 657 g/mol. The number of hydrogen-bond donors (Lipinski definition) is 2. The van der Waals surface area contributed by atoms with Crippen LogP contribution in [0.15, 0.2) is 48.5 Å². The molecule has 1 aliphatic carbocycles. The number of halogens is 2. The van der Waals surface area contributed by atoms with E-state index >= 15 is 0 Å². The summed E-state index contributed by atoms with van der Waals surface area (Å²) in [5.74, 6) is -0.715. The monoisotopic (exact) mass is 656 g/mol. The van der Waals surface area contributed by atoms with Crippen LogP contribution < -0.4 is 14.8 Å². The first-order valence-corrected chi connectivity index (χ1v) is 15.1. The number of methoxy groups -OCH3 is 2. The second kappa shape index (κ2) is 14.0. The minimum absolute atomic E-state index is 0.0586. The predicted molar refractivity (Wildman–Crippen MR) is 169 cm³/mol. The Kier molecular flexibility index (Phi) is 10.6. The highest BCUT2D eigenvalue weighted by molar-refractivity contribution is 6.31. The van der Waals surface area contributed by atoms with Gasteiger partial charge in [-0.05, 0) is 101 Å².